The summed E-state index contributed by atoms with van der Waals surface area (Å²) in [6, 6.07) is -6.65. The summed E-state index contributed by atoms with van der Waals surface area (Å²) < 4.78 is 47.1. The number of ketones is 1. The average Bonchev–Trinajstić information content (AvgIpc) is 1.55. The third kappa shape index (κ3) is 21.0. The monoisotopic (exact) mass is 1490 g/mol. The van der Waals surface area contributed by atoms with E-state index in [-0.39, 0.29) is 94.4 Å². The van der Waals surface area contributed by atoms with E-state index in [9.17, 15) is 46.7 Å². The Morgan fingerprint density at radius 2 is 1.28 bits per heavy atom. The minimum Gasteiger partial charge on any atom is -0.378 e. The number of fused-ring (bicyclic) bond motifs is 1. The first kappa shape index (κ1) is 83.8. The number of aryl methyl sites for hydroxylation is 1. The van der Waals surface area contributed by atoms with Crippen molar-refractivity contribution in [3.8, 4) is 0 Å². The van der Waals surface area contributed by atoms with Crippen LogP contribution in [-0.4, -0.2) is 283 Å². The molecule has 580 valence electrons. The predicted octanol–water partition coefficient (Wildman–Crippen LogP) is 3.65. The van der Waals surface area contributed by atoms with E-state index < -0.39 is 179 Å². The fraction of sp³-hybridized carbons (Fsp3) is 0.740. The van der Waals surface area contributed by atoms with Crippen molar-refractivity contribution in [3.63, 3.8) is 0 Å². The number of hydrogen-bond acceptors (Lipinski definition) is 15. The molecular formula is C73H111ClF3N13O14. The highest BCUT2D eigenvalue weighted by Gasteiger charge is 2.51. The average molecular weight is 1490 g/mol. The SMILES string of the molecule is CC[C@H](C)[C@@H]1NC(=O)[C@H](CC(C)C)N(C)C(=O)C[C@@H](C(=O)N2CCN(C3COC3)CC2)NC(=O)[C@H]([C@@H](C)CC)N(C)C(=O)C2(CCCC2)NC(=O)[C@@H]2CCCN2C(=O)[C@H](CCc2ccc(C(F)(F)F)c(Cl)c2)NC(=O)CN(C)C(=O)[C@H](C(=O)CC2CCCCC2)N(C)C(=O)CN(C)C(=O)CN(C)C1=O. The van der Waals surface area contributed by atoms with Gasteiger partial charge in [-0.2, -0.15) is 13.2 Å². The minimum atomic E-state index is -4.79. The first-order valence-electron chi connectivity index (χ1n) is 37.1. The zero-order valence-corrected chi connectivity index (χ0v) is 63.5. The maximum atomic E-state index is 15.5. The molecule has 4 N–H and O–H groups in total. The van der Waals surface area contributed by atoms with Gasteiger partial charge < -0.3 is 65.2 Å². The number of hydrogen-bond donors (Lipinski definition) is 4. The maximum absolute atomic E-state index is 15.5. The lowest BCUT2D eigenvalue weighted by molar-refractivity contribution is -0.152. The molecule has 31 heteroatoms. The van der Waals surface area contributed by atoms with Gasteiger partial charge in [0.25, 0.3) is 5.91 Å². The third-order valence-corrected chi connectivity index (χ3v) is 22.5. The van der Waals surface area contributed by atoms with Crippen LogP contribution in [0.5, 0.6) is 0 Å². The fourth-order valence-corrected chi connectivity index (χ4v) is 15.5. The number of likely N-dealkylation sites (N-methyl/N-ethyl adjacent to an activating group) is 6. The number of rotatable bonds is 14. The van der Waals surface area contributed by atoms with Crippen molar-refractivity contribution in [2.75, 3.05) is 108 Å². The highest BCUT2D eigenvalue weighted by Crippen LogP contribution is 2.37. The van der Waals surface area contributed by atoms with Gasteiger partial charge in [-0.1, -0.05) is 117 Å². The van der Waals surface area contributed by atoms with E-state index in [1.807, 2.05) is 20.8 Å². The number of halogens is 4. The molecule has 6 aliphatic rings. The van der Waals surface area contributed by atoms with Crippen LogP contribution in [0.1, 0.15) is 162 Å². The highest BCUT2D eigenvalue weighted by atomic mass is 35.5. The Balaban J connectivity index is 1.27. The number of alkyl halides is 3. The number of carbonyl (C=O) groups excluding carboxylic acids is 13. The molecule has 104 heavy (non-hydrogen) atoms. The van der Waals surface area contributed by atoms with Crippen LogP contribution in [0.2, 0.25) is 5.02 Å². The van der Waals surface area contributed by atoms with Crippen molar-refractivity contribution in [3.05, 3.63) is 34.3 Å². The molecule has 2 aliphatic carbocycles. The molecule has 27 nitrogen and oxygen atoms in total. The standard InChI is InChI=1S/C73H111ClF3N13O14/c1-13-45(5)61-69(101)84(9)40-59(94)82(7)41-60(95)86(11)63(56(91)37-47-21-16-15-17-22-47)70(102)83(8)39-57(92)78-52(27-25-48-24-26-50(51(74)36-48)73(75,76)77)68(100)90-30-20-23-54(90)65(97)81-72(28-18-19-29-72)71(103)87(12)62(46(6)14-2)66(98)79-53(38-58(93)85(10)55(35-44(3)4)64(96)80-61)67(99)89-33-31-88(32-34-89)49-42-104-43-49/h24,26,36,44-47,49,52-55,61-63H,13-23,25,27-35,37-43H2,1-12H3,(H,78,92)(H,79,98)(H,80,96)(H,81,97)/t45-,46-,52-,53-,54-,55-,61-,62-,63-/m0/s1. The molecule has 12 amide bonds. The molecule has 9 atom stereocenters. The molecule has 1 aromatic carbocycles. The van der Waals surface area contributed by atoms with E-state index in [1.54, 1.807) is 25.7 Å². The van der Waals surface area contributed by atoms with E-state index in [0.717, 1.165) is 51.0 Å². The van der Waals surface area contributed by atoms with Gasteiger partial charge in [0.1, 0.15) is 41.8 Å². The largest absolute Gasteiger partial charge is 0.417 e. The molecule has 0 bridgehead atoms. The van der Waals surface area contributed by atoms with E-state index in [0.29, 0.717) is 64.8 Å². The smallest absolute Gasteiger partial charge is 0.378 e. The molecule has 4 aliphatic heterocycles. The highest BCUT2D eigenvalue weighted by molar-refractivity contribution is 6.31. The van der Waals surface area contributed by atoms with Crippen molar-refractivity contribution >= 4 is 88.3 Å². The van der Waals surface area contributed by atoms with Crippen LogP contribution in [0.25, 0.3) is 0 Å². The summed E-state index contributed by atoms with van der Waals surface area (Å²) >= 11 is 6.14. The first-order valence-corrected chi connectivity index (χ1v) is 37.4. The van der Waals surface area contributed by atoms with Crippen LogP contribution < -0.4 is 21.3 Å². The second kappa shape index (κ2) is 37.2. The van der Waals surface area contributed by atoms with Gasteiger partial charge in [0.2, 0.25) is 65.0 Å². The number of nitrogens with zero attached hydrogens (tertiary/aromatic N) is 9. The Bertz CT molecular complexity index is 3290. The van der Waals surface area contributed by atoms with Crippen LogP contribution in [0.15, 0.2) is 18.2 Å². The van der Waals surface area contributed by atoms with Crippen molar-refractivity contribution in [2.24, 2.45) is 23.7 Å². The van der Waals surface area contributed by atoms with Crippen molar-refractivity contribution < 1.29 is 80.2 Å². The Morgan fingerprint density at radius 1 is 0.654 bits per heavy atom. The number of Topliss-reactive ketones (excluding diaryl/α,β-unsaturated/α-hetero) is 1. The fourth-order valence-electron chi connectivity index (χ4n) is 15.2. The Kier molecular flexibility index (Phi) is 30.0. The van der Waals surface area contributed by atoms with Crippen LogP contribution in [0.4, 0.5) is 13.2 Å². The number of carbonyl (C=O) groups is 13. The van der Waals surface area contributed by atoms with Gasteiger partial charge in [-0.3, -0.25) is 67.2 Å². The van der Waals surface area contributed by atoms with Crippen molar-refractivity contribution in [2.45, 2.75) is 217 Å². The van der Waals surface area contributed by atoms with Crippen LogP contribution in [0, 0.1) is 23.7 Å². The predicted molar refractivity (Wildman–Crippen MR) is 379 cm³/mol. The van der Waals surface area contributed by atoms with Crippen LogP contribution in [0.3, 0.4) is 0 Å². The van der Waals surface area contributed by atoms with E-state index in [1.165, 1.54) is 63.1 Å². The molecule has 2 saturated carbocycles. The molecule has 0 aromatic heterocycles. The van der Waals surface area contributed by atoms with Crippen molar-refractivity contribution in [1.29, 1.82) is 0 Å². The number of amides is 12. The summed E-state index contributed by atoms with van der Waals surface area (Å²) in [6.45, 7) is 11.2. The second-order valence-electron chi connectivity index (χ2n) is 30.2. The van der Waals surface area contributed by atoms with Gasteiger partial charge in [-0.15, -0.1) is 0 Å². The van der Waals surface area contributed by atoms with E-state index >= 15 is 28.8 Å². The van der Waals surface area contributed by atoms with Gasteiger partial charge >= 0.3 is 6.18 Å². The molecule has 4 heterocycles. The molecule has 1 spiro atoms. The Morgan fingerprint density at radius 3 is 1.87 bits per heavy atom. The summed E-state index contributed by atoms with van der Waals surface area (Å²) in [6.07, 6.45) is 0.444. The number of ether oxygens (including phenoxy) is 1. The molecule has 7 rings (SSSR count). The summed E-state index contributed by atoms with van der Waals surface area (Å²) in [5.74, 6) is -11.2. The number of piperazine rings is 1. The van der Waals surface area contributed by atoms with Crippen LogP contribution in [-0.2, 0) is 79.7 Å². The molecule has 1 aromatic rings. The Hall–Kier alpha value is -7.47. The summed E-state index contributed by atoms with van der Waals surface area (Å²) in [5.41, 5.74) is -2.47. The summed E-state index contributed by atoms with van der Waals surface area (Å²) in [7, 11) is 7.92. The van der Waals surface area contributed by atoms with Gasteiger partial charge in [-0.05, 0) is 86.3 Å². The first-order chi connectivity index (χ1) is 49.0. The lowest BCUT2D eigenvalue weighted by Gasteiger charge is -2.43. The molecule has 0 radical (unpaired) electrons. The second-order valence-corrected chi connectivity index (χ2v) is 30.7. The topological polar surface area (TPSA) is 308 Å². The summed E-state index contributed by atoms with van der Waals surface area (Å²) in [5, 5.41) is 10.8. The maximum Gasteiger partial charge on any atom is 0.417 e. The molecule has 0 unspecified atom stereocenters. The van der Waals surface area contributed by atoms with Gasteiger partial charge in [0.15, 0.2) is 11.8 Å². The van der Waals surface area contributed by atoms with E-state index in [4.69, 9.17) is 16.3 Å². The minimum absolute atomic E-state index is 0.0146. The number of nitrogens with one attached hydrogen (secondary N) is 4. The molecule has 6 fully saturated rings. The zero-order chi connectivity index (χ0) is 76.8. The third-order valence-electron chi connectivity index (χ3n) is 22.2. The van der Waals surface area contributed by atoms with Crippen molar-refractivity contribution in [1.82, 2.24) is 65.4 Å². The normalized spacial score (nSPS) is 26.5. The Labute approximate surface area is 614 Å². The lowest BCUT2D eigenvalue weighted by atomic mass is 9.84. The van der Waals surface area contributed by atoms with Gasteiger partial charge in [-0.25, -0.2) is 0 Å². The van der Waals surface area contributed by atoms with Gasteiger partial charge in [0.05, 0.1) is 55.9 Å². The number of benzene rings is 1. The lowest BCUT2D eigenvalue weighted by Crippen LogP contribution is -2.65. The van der Waals surface area contributed by atoms with E-state index in [2.05, 4.69) is 26.2 Å². The zero-order valence-electron chi connectivity index (χ0n) is 62.7. The quantitative estimate of drug-likeness (QED) is 0.193. The summed E-state index contributed by atoms with van der Waals surface area (Å²) in [4.78, 5) is 204. The molecule has 4 saturated heterocycles. The van der Waals surface area contributed by atoms with Crippen LogP contribution >= 0.6 is 11.6 Å². The molecular weight excluding hydrogens is 1380 g/mol. The van der Waals surface area contributed by atoms with Gasteiger partial charge in [0, 0.05) is 81.4 Å².